The quantitative estimate of drug-likeness (QED) is 0.939. The summed E-state index contributed by atoms with van der Waals surface area (Å²) in [6.45, 7) is 0.297. The van der Waals surface area contributed by atoms with Crippen molar-refractivity contribution in [1.82, 2.24) is 14.3 Å². The molecule has 0 amide bonds. The third-order valence-corrected chi connectivity index (χ3v) is 2.91. The average molecular weight is 301 g/mol. The third-order valence-electron chi connectivity index (χ3n) is 2.91. The van der Waals surface area contributed by atoms with Crippen molar-refractivity contribution in [1.29, 1.82) is 0 Å². The van der Waals surface area contributed by atoms with Crippen molar-refractivity contribution < 1.29 is 23.1 Å². The first-order chi connectivity index (χ1) is 9.68. The predicted molar refractivity (Wildman–Crippen MR) is 68.9 cm³/mol. The van der Waals surface area contributed by atoms with Crippen LogP contribution < -0.4 is 0 Å². The molecule has 1 N–H and O–H groups in total. The summed E-state index contributed by atoms with van der Waals surface area (Å²) in [6, 6.07) is 2.18. The Kier molecular flexibility index (Phi) is 3.91. The topological polar surface area (TPSA) is 57.8 Å². The Hall–Kier alpha value is -2.09. The van der Waals surface area contributed by atoms with Crippen LogP contribution in [0.3, 0.4) is 0 Å². The van der Waals surface area contributed by atoms with Crippen LogP contribution in [0.2, 0.25) is 0 Å². The molecule has 2 heterocycles. The Morgan fingerprint density at radius 3 is 2.57 bits per heavy atom. The van der Waals surface area contributed by atoms with Gasteiger partial charge >= 0.3 is 12.1 Å². The average Bonchev–Trinajstić information content (AvgIpc) is 2.64. The summed E-state index contributed by atoms with van der Waals surface area (Å²) in [6.07, 6.45) is -3.83. The van der Waals surface area contributed by atoms with E-state index < -0.39 is 17.7 Å². The number of pyridine rings is 1. The molecule has 5 nitrogen and oxygen atoms in total. The minimum atomic E-state index is -4.46. The highest BCUT2D eigenvalue weighted by Gasteiger charge is 2.31. The number of imidazole rings is 1. The van der Waals surface area contributed by atoms with E-state index >= 15 is 0 Å². The Morgan fingerprint density at radius 2 is 2.05 bits per heavy atom. The van der Waals surface area contributed by atoms with E-state index in [1.54, 1.807) is 19.0 Å². The molecule has 2 rings (SSSR count). The largest absolute Gasteiger partial charge is 0.481 e. The maximum Gasteiger partial charge on any atom is 0.417 e. The lowest BCUT2D eigenvalue weighted by Crippen LogP contribution is -2.15. The van der Waals surface area contributed by atoms with Gasteiger partial charge in [-0.15, -0.1) is 0 Å². The van der Waals surface area contributed by atoms with Crippen molar-refractivity contribution in [3.8, 4) is 0 Å². The molecule has 2 aromatic rings. The van der Waals surface area contributed by atoms with Gasteiger partial charge in [-0.05, 0) is 26.2 Å². The van der Waals surface area contributed by atoms with Crippen LogP contribution in [0.25, 0.3) is 5.65 Å². The monoisotopic (exact) mass is 301 g/mol. The zero-order valence-electron chi connectivity index (χ0n) is 11.5. The second-order valence-corrected chi connectivity index (χ2v) is 4.96. The first kappa shape index (κ1) is 15.3. The molecule has 0 unspecified atom stereocenters. The zero-order valence-corrected chi connectivity index (χ0v) is 11.5. The van der Waals surface area contributed by atoms with Gasteiger partial charge in [0.15, 0.2) is 0 Å². The highest BCUT2D eigenvalue weighted by molar-refractivity contribution is 5.70. The molecule has 0 saturated heterocycles. The van der Waals surface area contributed by atoms with Crippen molar-refractivity contribution in [2.45, 2.75) is 19.1 Å². The van der Waals surface area contributed by atoms with Gasteiger partial charge < -0.3 is 14.4 Å². The molecule has 0 aliphatic carbocycles. The molecule has 0 radical (unpaired) electrons. The van der Waals surface area contributed by atoms with E-state index in [0.29, 0.717) is 17.9 Å². The molecular formula is C13H14F3N3O2. The van der Waals surface area contributed by atoms with Crippen molar-refractivity contribution in [3.05, 3.63) is 35.3 Å². The smallest absolute Gasteiger partial charge is 0.417 e. The van der Waals surface area contributed by atoms with Crippen LogP contribution in [0.15, 0.2) is 18.3 Å². The molecule has 0 atom stereocenters. The van der Waals surface area contributed by atoms with E-state index in [0.717, 1.165) is 12.3 Å². The van der Waals surface area contributed by atoms with Gasteiger partial charge in [0.2, 0.25) is 0 Å². The second kappa shape index (κ2) is 5.36. The molecule has 0 aromatic carbocycles. The van der Waals surface area contributed by atoms with Crippen molar-refractivity contribution in [2.75, 3.05) is 14.1 Å². The Labute approximate surface area is 118 Å². The van der Waals surface area contributed by atoms with Gasteiger partial charge in [0, 0.05) is 12.7 Å². The van der Waals surface area contributed by atoms with E-state index in [1.807, 2.05) is 0 Å². The lowest BCUT2D eigenvalue weighted by Gasteiger charge is -2.12. The van der Waals surface area contributed by atoms with Crippen LogP contribution in [-0.2, 0) is 23.9 Å². The minimum absolute atomic E-state index is 0.274. The molecule has 0 spiro atoms. The summed E-state index contributed by atoms with van der Waals surface area (Å²) >= 11 is 0. The summed E-state index contributed by atoms with van der Waals surface area (Å²) in [5.41, 5.74) is 0.226. The summed E-state index contributed by atoms with van der Waals surface area (Å²) in [5.74, 6) is -1.07. The first-order valence-corrected chi connectivity index (χ1v) is 6.12. The molecule has 0 fully saturated rings. The van der Waals surface area contributed by atoms with Crippen LogP contribution in [0.1, 0.15) is 17.0 Å². The summed E-state index contributed by atoms with van der Waals surface area (Å²) in [7, 11) is 3.50. The fourth-order valence-electron chi connectivity index (χ4n) is 2.06. The fraction of sp³-hybridized carbons (Fsp3) is 0.385. The number of carboxylic acids is 1. The number of hydrogen-bond acceptors (Lipinski definition) is 3. The number of carbonyl (C=O) groups is 1. The van der Waals surface area contributed by atoms with Crippen molar-refractivity contribution in [3.63, 3.8) is 0 Å². The van der Waals surface area contributed by atoms with E-state index in [9.17, 15) is 18.0 Å². The maximum absolute atomic E-state index is 12.8. The number of rotatable bonds is 4. The molecule has 0 aliphatic rings. The standard InChI is InChI=1S/C13H14F3N3O2/c1-18(2)7-10-9(5-12(20)21)17-11-4-3-8(6-19(10)11)13(14,15)16/h3-4,6H,5,7H2,1-2H3,(H,20,21). The number of aliphatic carboxylic acids is 1. The number of alkyl halides is 3. The van der Waals surface area contributed by atoms with E-state index in [4.69, 9.17) is 5.11 Å². The van der Waals surface area contributed by atoms with Gasteiger partial charge in [0.25, 0.3) is 0 Å². The van der Waals surface area contributed by atoms with Gasteiger partial charge in [-0.3, -0.25) is 4.79 Å². The van der Waals surface area contributed by atoms with Gasteiger partial charge in [-0.2, -0.15) is 13.2 Å². The van der Waals surface area contributed by atoms with Crippen LogP contribution in [0, 0.1) is 0 Å². The summed E-state index contributed by atoms with van der Waals surface area (Å²) in [5, 5.41) is 8.89. The number of nitrogens with zero attached hydrogens (tertiary/aromatic N) is 3. The number of carboxylic acid groups (broad SMARTS) is 1. The molecule has 0 aliphatic heterocycles. The van der Waals surface area contributed by atoms with Gasteiger partial charge in [0.05, 0.1) is 23.4 Å². The lowest BCUT2D eigenvalue weighted by molar-refractivity contribution is -0.138. The van der Waals surface area contributed by atoms with Crippen LogP contribution in [0.5, 0.6) is 0 Å². The molecule has 2 aromatic heterocycles. The van der Waals surface area contributed by atoms with Crippen LogP contribution in [-0.4, -0.2) is 39.5 Å². The SMILES string of the molecule is CN(C)Cc1c(CC(=O)O)nc2ccc(C(F)(F)F)cn12. The Morgan fingerprint density at radius 1 is 1.38 bits per heavy atom. The van der Waals surface area contributed by atoms with Crippen LogP contribution in [0.4, 0.5) is 13.2 Å². The van der Waals surface area contributed by atoms with Crippen LogP contribution >= 0.6 is 0 Å². The second-order valence-electron chi connectivity index (χ2n) is 4.96. The highest BCUT2D eigenvalue weighted by atomic mass is 19.4. The normalized spacial score (nSPS) is 12.3. The molecule has 8 heteroatoms. The molecule has 0 saturated carbocycles. The Balaban J connectivity index is 2.61. The van der Waals surface area contributed by atoms with Gasteiger partial charge in [0.1, 0.15) is 5.65 Å². The molecule has 0 bridgehead atoms. The number of fused-ring (bicyclic) bond motifs is 1. The van der Waals surface area contributed by atoms with Crippen molar-refractivity contribution >= 4 is 11.6 Å². The van der Waals surface area contributed by atoms with E-state index in [2.05, 4.69) is 4.98 Å². The summed E-state index contributed by atoms with van der Waals surface area (Å²) in [4.78, 5) is 16.7. The first-order valence-electron chi connectivity index (χ1n) is 6.12. The highest BCUT2D eigenvalue weighted by Crippen LogP contribution is 2.30. The summed E-state index contributed by atoms with van der Waals surface area (Å²) < 4.78 is 39.7. The predicted octanol–water partition coefficient (Wildman–Crippen LogP) is 2.04. The minimum Gasteiger partial charge on any atom is -0.481 e. The van der Waals surface area contributed by atoms with E-state index in [-0.39, 0.29) is 12.1 Å². The molecular weight excluding hydrogens is 287 g/mol. The van der Waals surface area contributed by atoms with Gasteiger partial charge in [-0.25, -0.2) is 4.98 Å². The van der Waals surface area contributed by atoms with Crippen molar-refractivity contribution in [2.24, 2.45) is 0 Å². The third kappa shape index (κ3) is 3.33. The number of halogens is 3. The number of aromatic nitrogens is 2. The lowest BCUT2D eigenvalue weighted by atomic mass is 10.2. The molecule has 21 heavy (non-hydrogen) atoms. The number of hydrogen-bond donors (Lipinski definition) is 1. The zero-order chi connectivity index (χ0) is 15.8. The Bertz CT molecular complexity index is 677. The van der Waals surface area contributed by atoms with Gasteiger partial charge in [-0.1, -0.05) is 0 Å². The fourth-order valence-corrected chi connectivity index (χ4v) is 2.06. The maximum atomic E-state index is 12.8. The van der Waals surface area contributed by atoms with E-state index in [1.165, 1.54) is 10.5 Å². The molecule has 114 valence electrons.